The summed E-state index contributed by atoms with van der Waals surface area (Å²) in [6, 6.07) is 0. The molecule has 0 amide bonds. The molecule has 0 aliphatic rings. The average molecular weight is 243 g/mol. The van der Waals surface area contributed by atoms with Crippen molar-refractivity contribution >= 4 is 16.3 Å². The van der Waals surface area contributed by atoms with E-state index < -0.39 is 10.3 Å². The molecule has 7 nitrogen and oxygen atoms in total. The van der Waals surface area contributed by atoms with Gasteiger partial charge >= 0.3 is 16.3 Å². The van der Waals surface area contributed by atoms with Crippen LogP contribution in [-0.2, 0) is 19.8 Å². The molecular formula is C7H19N2O5S+. The molecule has 0 aromatic carbocycles. The highest BCUT2D eigenvalue weighted by Crippen LogP contribution is 1.89. The molecule has 0 unspecified atom stereocenters. The molecule has 3 N–H and O–H groups in total. The summed E-state index contributed by atoms with van der Waals surface area (Å²) in [5, 5.41) is 3.88. The van der Waals surface area contributed by atoms with Crippen LogP contribution in [0.25, 0.3) is 0 Å². The lowest BCUT2D eigenvalue weighted by Gasteiger charge is -2.23. The van der Waals surface area contributed by atoms with E-state index in [1.165, 1.54) is 6.92 Å². The highest BCUT2D eigenvalue weighted by molar-refractivity contribution is 7.83. The van der Waals surface area contributed by atoms with Gasteiger partial charge in [-0.2, -0.15) is 8.42 Å². The van der Waals surface area contributed by atoms with Gasteiger partial charge in [-0.1, -0.05) is 0 Å². The minimum absolute atomic E-state index is 0.201. The second-order valence-electron chi connectivity index (χ2n) is 3.87. The molecule has 0 atom stereocenters. The number of hydrogen-bond acceptors (Lipinski definition) is 4. The first-order chi connectivity index (χ1) is 6.42. The van der Waals surface area contributed by atoms with Crippen LogP contribution in [0.3, 0.4) is 0 Å². The number of hydrogen-bond donors (Lipinski definition) is 2. The number of rotatable bonds is 3. The Bertz CT molecular complexity index is 272. The molecule has 0 saturated carbocycles. The van der Waals surface area contributed by atoms with E-state index in [1.54, 1.807) is 0 Å². The van der Waals surface area contributed by atoms with Crippen molar-refractivity contribution in [3.05, 3.63) is 0 Å². The van der Waals surface area contributed by atoms with Crippen LogP contribution in [0.5, 0.6) is 0 Å². The fourth-order valence-electron chi connectivity index (χ4n) is 0.463. The van der Waals surface area contributed by atoms with Gasteiger partial charge in [-0.15, -0.1) is 0 Å². The molecule has 0 aromatic rings. The average Bonchev–Trinajstić information content (AvgIpc) is 1.77. The van der Waals surface area contributed by atoms with E-state index in [4.69, 9.17) is 17.7 Å². The zero-order valence-corrected chi connectivity index (χ0v) is 10.2. The zero-order valence-electron chi connectivity index (χ0n) is 9.43. The van der Waals surface area contributed by atoms with Crippen molar-refractivity contribution in [1.29, 1.82) is 0 Å². The molecule has 0 heterocycles. The van der Waals surface area contributed by atoms with Gasteiger partial charge in [0.05, 0.1) is 21.1 Å². The van der Waals surface area contributed by atoms with Gasteiger partial charge in [-0.25, -0.2) is 5.14 Å². The number of carbonyl (C=O) groups is 1. The second kappa shape index (κ2) is 6.72. The molecule has 0 bridgehead atoms. The van der Waals surface area contributed by atoms with Crippen molar-refractivity contribution < 1.29 is 27.0 Å². The fraction of sp³-hybridized carbons (Fsp3) is 0.857. The van der Waals surface area contributed by atoms with E-state index in [0.29, 0.717) is 6.61 Å². The predicted molar refractivity (Wildman–Crippen MR) is 55.3 cm³/mol. The SMILES string of the molecule is CC(=O)OCC[N+](C)(C)C.NS(=O)(=O)O. The number of carbonyl (C=O) groups excluding carboxylic acids is 1. The van der Waals surface area contributed by atoms with E-state index in [-0.39, 0.29) is 5.97 Å². The van der Waals surface area contributed by atoms with E-state index in [9.17, 15) is 4.79 Å². The molecule has 92 valence electrons. The quantitative estimate of drug-likeness (QED) is 0.376. The monoisotopic (exact) mass is 243 g/mol. The third-order valence-corrected chi connectivity index (χ3v) is 1.07. The molecular weight excluding hydrogens is 224 g/mol. The number of nitrogens with zero attached hydrogens (tertiary/aromatic N) is 1. The van der Waals surface area contributed by atoms with Gasteiger partial charge in [0.2, 0.25) is 0 Å². The van der Waals surface area contributed by atoms with Crippen LogP contribution >= 0.6 is 0 Å². The van der Waals surface area contributed by atoms with E-state index in [0.717, 1.165) is 11.0 Å². The maximum atomic E-state index is 10.3. The fourth-order valence-corrected chi connectivity index (χ4v) is 0.463. The molecule has 8 heteroatoms. The van der Waals surface area contributed by atoms with Gasteiger partial charge in [-0.3, -0.25) is 9.35 Å². The first kappa shape index (κ1) is 16.7. The standard InChI is InChI=1S/C7H16NO2.H3NO3S/c1-7(9)10-6-5-8(2,3)4;1-5(2,3)4/h5-6H2,1-4H3;(H3,1,2,3,4)/q+1;. The van der Waals surface area contributed by atoms with Crippen LogP contribution in [0.1, 0.15) is 6.92 Å². The first-order valence-electron chi connectivity index (χ1n) is 4.11. The van der Waals surface area contributed by atoms with Crippen molar-refractivity contribution in [2.45, 2.75) is 6.92 Å². The molecule has 0 aromatic heterocycles. The third kappa shape index (κ3) is 42.8. The summed E-state index contributed by atoms with van der Waals surface area (Å²) in [5.41, 5.74) is 0. The maximum absolute atomic E-state index is 10.3. The zero-order chi connectivity index (χ0) is 12.7. The van der Waals surface area contributed by atoms with Gasteiger partial charge < -0.3 is 9.22 Å². The molecule has 0 fully saturated rings. The Morgan fingerprint density at radius 3 is 1.93 bits per heavy atom. The lowest BCUT2D eigenvalue weighted by Crippen LogP contribution is -2.37. The van der Waals surface area contributed by atoms with Gasteiger partial charge in [0.15, 0.2) is 0 Å². The lowest BCUT2D eigenvalue weighted by atomic mass is 10.5. The lowest BCUT2D eigenvalue weighted by molar-refractivity contribution is -0.870. The van der Waals surface area contributed by atoms with Gasteiger partial charge in [0.25, 0.3) is 0 Å². The Morgan fingerprint density at radius 1 is 1.40 bits per heavy atom. The Labute approximate surface area is 90.3 Å². The minimum atomic E-state index is -4.17. The summed E-state index contributed by atoms with van der Waals surface area (Å²) in [4.78, 5) is 10.3. The number of nitrogens with two attached hydrogens (primary N) is 1. The van der Waals surface area contributed by atoms with Crippen LogP contribution in [0.2, 0.25) is 0 Å². The normalized spacial score (nSPS) is 11.3. The van der Waals surface area contributed by atoms with Gasteiger partial charge in [0, 0.05) is 6.92 Å². The van der Waals surface area contributed by atoms with Gasteiger partial charge in [0.1, 0.15) is 13.2 Å². The summed E-state index contributed by atoms with van der Waals surface area (Å²) >= 11 is 0. The minimum Gasteiger partial charge on any atom is -0.460 e. The highest BCUT2D eigenvalue weighted by atomic mass is 32.2. The molecule has 15 heavy (non-hydrogen) atoms. The maximum Gasteiger partial charge on any atom is 0.330 e. The summed E-state index contributed by atoms with van der Waals surface area (Å²) in [7, 11) is 2.01. The Hall–Kier alpha value is -0.700. The second-order valence-corrected chi connectivity index (χ2v) is 4.90. The van der Waals surface area contributed by atoms with E-state index >= 15 is 0 Å². The van der Waals surface area contributed by atoms with Crippen LogP contribution in [0.4, 0.5) is 0 Å². The van der Waals surface area contributed by atoms with E-state index in [2.05, 4.69) is 26.3 Å². The molecule has 0 aliphatic carbocycles. The highest BCUT2D eigenvalue weighted by Gasteiger charge is 2.06. The van der Waals surface area contributed by atoms with E-state index in [1.807, 2.05) is 0 Å². The summed E-state index contributed by atoms with van der Waals surface area (Å²) < 4.78 is 30.8. The van der Waals surface area contributed by atoms with Crippen LogP contribution < -0.4 is 5.14 Å². The molecule has 0 spiro atoms. The van der Waals surface area contributed by atoms with Crippen molar-refractivity contribution in [2.75, 3.05) is 34.3 Å². The summed E-state index contributed by atoms with van der Waals surface area (Å²) in [6.07, 6.45) is 0. The Kier molecular flexibility index (Phi) is 7.49. The Balaban J connectivity index is 0. The van der Waals surface area contributed by atoms with Gasteiger partial charge in [-0.05, 0) is 0 Å². The smallest absolute Gasteiger partial charge is 0.330 e. The van der Waals surface area contributed by atoms with Crippen molar-refractivity contribution in [1.82, 2.24) is 0 Å². The molecule has 0 aliphatic heterocycles. The third-order valence-electron chi connectivity index (χ3n) is 1.07. The predicted octanol–water partition coefficient (Wildman–Crippen LogP) is -0.996. The molecule has 0 rings (SSSR count). The van der Waals surface area contributed by atoms with Crippen LogP contribution in [0, 0.1) is 0 Å². The van der Waals surface area contributed by atoms with Crippen LogP contribution in [0.15, 0.2) is 0 Å². The molecule has 0 radical (unpaired) electrons. The topological polar surface area (TPSA) is 107 Å². The molecule has 0 saturated heterocycles. The number of likely N-dealkylation sites (N-methyl/N-ethyl adjacent to an activating group) is 1. The van der Waals surface area contributed by atoms with Crippen molar-refractivity contribution in [3.63, 3.8) is 0 Å². The van der Waals surface area contributed by atoms with Crippen LogP contribution in [-0.4, -0.2) is 57.7 Å². The number of quaternary nitrogens is 1. The number of ether oxygens (including phenoxy) is 1. The summed E-state index contributed by atoms with van der Waals surface area (Å²) in [5.74, 6) is -0.201. The first-order valence-corrected chi connectivity index (χ1v) is 5.61. The van der Waals surface area contributed by atoms with Crippen molar-refractivity contribution in [2.24, 2.45) is 5.14 Å². The Morgan fingerprint density at radius 2 is 1.73 bits per heavy atom. The number of esters is 1. The largest absolute Gasteiger partial charge is 0.460 e. The van der Waals surface area contributed by atoms with Crippen molar-refractivity contribution in [3.8, 4) is 0 Å². The summed E-state index contributed by atoms with van der Waals surface area (Å²) in [6.45, 7) is 2.80.